The Hall–Kier alpha value is -0.960. The summed E-state index contributed by atoms with van der Waals surface area (Å²) in [6.45, 7) is 1.96. The fraction of sp³-hybridized carbons (Fsp3) is 0.556. The molecule has 0 saturated heterocycles. The van der Waals surface area contributed by atoms with Crippen LogP contribution in [0.3, 0.4) is 0 Å². The molecule has 0 aliphatic heterocycles. The zero-order chi connectivity index (χ0) is 9.19. The number of nitrogens with two attached hydrogens (primary N) is 1. The van der Waals surface area contributed by atoms with E-state index in [1.54, 1.807) is 13.1 Å². The predicted molar refractivity (Wildman–Crippen MR) is 49.3 cm³/mol. The lowest BCUT2D eigenvalue weighted by Gasteiger charge is -2.27. The lowest BCUT2D eigenvalue weighted by atomic mass is 9.90. The Kier molecular flexibility index (Phi) is 2.43. The van der Waals surface area contributed by atoms with Gasteiger partial charge in [0.1, 0.15) is 0 Å². The van der Waals surface area contributed by atoms with Crippen LogP contribution in [0, 0.1) is 0 Å². The highest BCUT2D eigenvalue weighted by Crippen LogP contribution is 2.25. The van der Waals surface area contributed by atoms with Crippen LogP contribution in [0.25, 0.3) is 0 Å². The van der Waals surface area contributed by atoms with Crippen molar-refractivity contribution in [2.45, 2.75) is 25.4 Å². The first-order valence-electron chi connectivity index (χ1n) is 4.20. The van der Waals surface area contributed by atoms with E-state index in [1.807, 2.05) is 13.0 Å². The predicted octanol–water partition coefficient (Wildman–Crippen LogP) is 0.477. The maximum Gasteiger partial charge on any atom is 0.0883 e. The zero-order valence-electron chi connectivity index (χ0n) is 7.59. The van der Waals surface area contributed by atoms with Crippen LogP contribution in [-0.2, 0) is 0 Å². The fourth-order valence-corrected chi connectivity index (χ4v) is 1.27. The summed E-state index contributed by atoms with van der Waals surface area (Å²) in [5, 5.41) is 12.8. The third-order valence-corrected chi connectivity index (χ3v) is 2.28. The quantitative estimate of drug-likeness (QED) is 0.562. The molecule has 0 fully saturated rings. The summed E-state index contributed by atoms with van der Waals surface area (Å²) >= 11 is 0. The standard InChI is InChI=1S/C9H16N2O/c1-3-9(12)5-4-7(10)8(6-9)11-2/h4,6,11-12H,3,5,10H2,1-2H3. The summed E-state index contributed by atoms with van der Waals surface area (Å²) < 4.78 is 0. The molecule has 1 atom stereocenters. The van der Waals surface area contributed by atoms with Gasteiger partial charge in [-0.05, 0) is 12.5 Å². The average molecular weight is 168 g/mol. The maximum absolute atomic E-state index is 9.88. The molecule has 0 spiro atoms. The molecular formula is C9H16N2O. The molecule has 1 unspecified atom stereocenters. The monoisotopic (exact) mass is 168 g/mol. The first-order valence-corrected chi connectivity index (χ1v) is 4.20. The van der Waals surface area contributed by atoms with Gasteiger partial charge in [-0.1, -0.05) is 13.0 Å². The molecule has 0 bridgehead atoms. The van der Waals surface area contributed by atoms with Gasteiger partial charge in [-0.2, -0.15) is 0 Å². The molecule has 0 aromatic carbocycles. The van der Waals surface area contributed by atoms with Crippen LogP contribution in [0.4, 0.5) is 0 Å². The molecule has 3 nitrogen and oxygen atoms in total. The van der Waals surface area contributed by atoms with Crippen molar-refractivity contribution in [2.75, 3.05) is 7.05 Å². The van der Waals surface area contributed by atoms with Crippen molar-refractivity contribution >= 4 is 0 Å². The molecule has 1 aliphatic carbocycles. The number of hydrogen-bond donors (Lipinski definition) is 3. The summed E-state index contributed by atoms with van der Waals surface area (Å²) in [5.41, 5.74) is 6.52. The smallest absolute Gasteiger partial charge is 0.0883 e. The van der Waals surface area contributed by atoms with Gasteiger partial charge < -0.3 is 16.2 Å². The minimum absolute atomic E-state index is 0.612. The summed E-state index contributed by atoms with van der Waals surface area (Å²) in [6, 6.07) is 0. The highest BCUT2D eigenvalue weighted by molar-refractivity contribution is 5.33. The largest absolute Gasteiger partial charge is 0.397 e. The van der Waals surface area contributed by atoms with Gasteiger partial charge in [-0.25, -0.2) is 0 Å². The minimum atomic E-state index is -0.707. The molecular weight excluding hydrogens is 152 g/mol. The number of rotatable bonds is 2. The third-order valence-electron chi connectivity index (χ3n) is 2.28. The molecule has 12 heavy (non-hydrogen) atoms. The molecule has 4 N–H and O–H groups in total. The van der Waals surface area contributed by atoms with E-state index in [1.165, 1.54) is 0 Å². The Morgan fingerprint density at radius 2 is 2.42 bits per heavy atom. The highest BCUT2D eigenvalue weighted by atomic mass is 16.3. The van der Waals surface area contributed by atoms with E-state index in [0.717, 1.165) is 11.4 Å². The van der Waals surface area contributed by atoms with Gasteiger partial charge in [-0.3, -0.25) is 0 Å². The van der Waals surface area contributed by atoms with Crippen molar-refractivity contribution in [3.8, 4) is 0 Å². The van der Waals surface area contributed by atoms with Crippen LogP contribution in [0.15, 0.2) is 23.5 Å². The lowest BCUT2D eigenvalue weighted by Crippen LogP contribution is -2.31. The van der Waals surface area contributed by atoms with Crippen molar-refractivity contribution < 1.29 is 5.11 Å². The Morgan fingerprint density at radius 3 is 2.92 bits per heavy atom. The zero-order valence-corrected chi connectivity index (χ0v) is 7.59. The Morgan fingerprint density at radius 1 is 1.75 bits per heavy atom. The lowest BCUT2D eigenvalue weighted by molar-refractivity contribution is 0.0871. The van der Waals surface area contributed by atoms with E-state index in [4.69, 9.17) is 5.73 Å². The summed E-state index contributed by atoms with van der Waals surface area (Å²) in [5.74, 6) is 0. The van der Waals surface area contributed by atoms with E-state index in [2.05, 4.69) is 5.32 Å². The summed E-state index contributed by atoms with van der Waals surface area (Å²) in [6.07, 6.45) is 4.97. The number of likely N-dealkylation sites (N-methyl/N-ethyl adjacent to an activating group) is 1. The summed E-state index contributed by atoms with van der Waals surface area (Å²) in [7, 11) is 1.80. The van der Waals surface area contributed by atoms with Gasteiger partial charge in [-0.15, -0.1) is 0 Å². The normalized spacial score (nSPS) is 29.2. The van der Waals surface area contributed by atoms with Crippen LogP contribution in [0.5, 0.6) is 0 Å². The highest BCUT2D eigenvalue weighted by Gasteiger charge is 2.25. The van der Waals surface area contributed by atoms with Crippen molar-refractivity contribution in [2.24, 2.45) is 5.73 Å². The number of nitrogens with one attached hydrogen (secondary N) is 1. The van der Waals surface area contributed by atoms with Crippen molar-refractivity contribution in [1.82, 2.24) is 5.32 Å². The molecule has 0 saturated carbocycles. The van der Waals surface area contributed by atoms with E-state index >= 15 is 0 Å². The van der Waals surface area contributed by atoms with Gasteiger partial charge in [0.05, 0.1) is 17.0 Å². The molecule has 0 amide bonds. The first-order chi connectivity index (χ1) is 5.61. The second-order valence-corrected chi connectivity index (χ2v) is 3.13. The second kappa shape index (κ2) is 3.19. The first kappa shape index (κ1) is 9.13. The Balaban J connectivity index is 2.87. The van der Waals surface area contributed by atoms with E-state index in [-0.39, 0.29) is 0 Å². The second-order valence-electron chi connectivity index (χ2n) is 3.13. The Bertz CT molecular complexity index is 233. The molecule has 0 aromatic heterocycles. The number of hydrogen-bond acceptors (Lipinski definition) is 3. The van der Waals surface area contributed by atoms with Gasteiger partial charge in [0, 0.05) is 13.5 Å². The van der Waals surface area contributed by atoms with E-state index < -0.39 is 5.60 Å². The average Bonchev–Trinajstić information content (AvgIpc) is 2.10. The number of aliphatic hydroxyl groups is 1. The molecule has 0 heterocycles. The van der Waals surface area contributed by atoms with Gasteiger partial charge in [0.15, 0.2) is 0 Å². The fourth-order valence-electron chi connectivity index (χ4n) is 1.27. The van der Waals surface area contributed by atoms with Crippen LogP contribution in [0.1, 0.15) is 19.8 Å². The molecule has 1 rings (SSSR count). The third kappa shape index (κ3) is 1.61. The van der Waals surface area contributed by atoms with E-state index in [0.29, 0.717) is 12.8 Å². The SMILES string of the molecule is CCC1(O)C=C(NC)C(N)=CC1. The van der Waals surface area contributed by atoms with Gasteiger partial charge in [0.25, 0.3) is 0 Å². The van der Waals surface area contributed by atoms with Crippen LogP contribution < -0.4 is 11.1 Å². The summed E-state index contributed by atoms with van der Waals surface area (Å²) in [4.78, 5) is 0. The van der Waals surface area contributed by atoms with Crippen LogP contribution in [-0.4, -0.2) is 17.8 Å². The minimum Gasteiger partial charge on any atom is -0.397 e. The molecule has 0 aromatic rings. The van der Waals surface area contributed by atoms with Crippen LogP contribution >= 0.6 is 0 Å². The van der Waals surface area contributed by atoms with E-state index in [9.17, 15) is 5.11 Å². The van der Waals surface area contributed by atoms with Crippen molar-refractivity contribution in [3.63, 3.8) is 0 Å². The topological polar surface area (TPSA) is 58.3 Å². The van der Waals surface area contributed by atoms with Gasteiger partial charge >= 0.3 is 0 Å². The molecule has 3 heteroatoms. The molecule has 1 aliphatic rings. The van der Waals surface area contributed by atoms with Crippen LogP contribution in [0.2, 0.25) is 0 Å². The molecule has 0 radical (unpaired) electrons. The van der Waals surface area contributed by atoms with Crippen molar-refractivity contribution in [3.05, 3.63) is 23.5 Å². The Labute approximate surface area is 73.0 Å². The van der Waals surface area contributed by atoms with Crippen molar-refractivity contribution in [1.29, 1.82) is 0 Å². The van der Waals surface area contributed by atoms with Gasteiger partial charge in [0.2, 0.25) is 0 Å². The maximum atomic E-state index is 9.88. The molecule has 68 valence electrons.